The number of rotatable bonds is 3. The maximum Gasteiger partial charge on any atom is 0.348 e. The molecule has 0 radical (unpaired) electrons. The zero-order valence-corrected chi connectivity index (χ0v) is 10.8. The number of nitrogens with zero attached hydrogens (tertiary/aromatic N) is 1. The average molecular weight is 268 g/mol. The van der Waals surface area contributed by atoms with Crippen LogP contribution in [0.5, 0.6) is 17.4 Å². The Labute approximate surface area is 114 Å². The first-order valence-electron chi connectivity index (χ1n) is 6.07. The van der Waals surface area contributed by atoms with Gasteiger partial charge in [0.2, 0.25) is 5.88 Å². The lowest BCUT2D eigenvalue weighted by Crippen LogP contribution is -2.11. The molecule has 0 bridgehead atoms. The van der Waals surface area contributed by atoms with E-state index in [4.69, 9.17) is 9.47 Å². The number of benzene rings is 2. The summed E-state index contributed by atoms with van der Waals surface area (Å²) in [6.07, 6.45) is 0. The molecule has 20 heavy (non-hydrogen) atoms. The van der Waals surface area contributed by atoms with Crippen molar-refractivity contribution in [2.45, 2.75) is 0 Å². The second-order valence-corrected chi connectivity index (χ2v) is 4.17. The molecule has 0 amide bonds. The molecule has 5 nitrogen and oxygen atoms in total. The van der Waals surface area contributed by atoms with Crippen LogP contribution in [0.4, 0.5) is 0 Å². The molecule has 0 saturated heterocycles. The van der Waals surface area contributed by atoms with E-state index in [1.165, 1.54) is 0 Å². The molecule has 5 heteroatoms. The number of methoxy groups -OCH3 is 1. The molecule has 0 aliphatic carbocycles. The fraction of sp³-hybridized carbons (Fsp3) is 0.0667. The summed E-state index contributed by atoms with van der Waals surface area (Å²) in [5, 5.41) is 0.688. The molecule has 0 unspecified atom stereocenters. The quantitative estimate of drug-likeness (QED) is 0.793. The second-order valence-electron chi connectivity index (χ2n) is 4.17. The van der Waals surface area contributed by atoms with E-state index in [0.717, 1.165) is 0 Å². The average Bonchev–Trinajstić information content (AvgIpc) is 2.48. The zero-order chi connectivity index (χ0) is 13.9. The predicted octanol–water partition coefficient (Wildman–Crippen LogP) is 2.72. The fourth-order valence-corrected chi connectivity index (χ4v) is 1.91. The summed E-state index contributed by atoms with van der Waals surface area (Å²) in [5.41, 5.74) is 0.199. The van der Waals surface area contributed by atoms with Gasteiger partial charge in [-0.15, -0.1) is 0 Å². The second kappa shape index (κ2) is 5.05. The van der Waals surface area contributed by atoms with Crippen molar-refractivity contribution in [2.24, 2.45) is 0 Å². The lowest BCUT2D eigenvalue weighted by Gasteiger charge is -2.08. The number of hydrogen-bond acceptors (Lipinski definition) is 4. The van der Waals surface area contributed by atoms with Crippen LogP contribution in [0.1, 0.15) is 0 Å². The number of para-hydroxylation sites is 1. The molecular weight excluding hydrogens is 256 g/mol. The smallest absolute Gasteiger partial charge is 0.348 e. The minimum absolute atomic E-state index is 0.258. The van der Waals surface area contributed by atoms with Crippen molar-refractivity contribution in [3.8, 4) is 17.4 Å². The van der Waals surface area contributed by atoms with Gasteiger partial charge in [-0.2, -0.15) is 4.98 Å². The highest BCUT2D eigenvalue weighted by atomic mass is 16.5. The summed E-state index contributed by atoms with van der Waals surface area (Å²) in [6.45, 7) is 0. The lowest BCUT2D eigenvalue weighted by atomic mass is 10.2. The van der Waals surface area contributed by atoms with E-state index in [2.05, 4.69) is 9.97 Å². The topological polar surface area (TPSA) is 64.2 Å². The van der Waals surface area contributed by atoms with Gasteiger partial charge in [-0.05, 0) is 30.3 Å². The van der Waals surface area contributed by atoms with Crippen LogP contribution >= 0.6 is 0 Å². The van der Waals surface area contributed by atoms with Gasteiger partial charge in [-0.1, -0.05) is 18.2 Å². The van der Waals surface area contributed by atoms with Crippen LogP contribution in [0.25, 0.3) is 10.9 Å². The third-order valence-corrected chi connectivity index (χ3v) is 2.86. The number of H-pyrrole nitrogens is 1. The van der Waals surface area contributed by atoms with Gasteiger partial charge in [0.05, 0.1) is 18.0 Å². The van der Waals surface area contributed by atoms with Crippen molar-refractivity contribution < 1.29 is 9.47 Å². The number of fused-ring (bicyclic) bond motifs is 1. The summed E-state index contributed by atoms with van der Waals surface area (Å²) in [5.74, 6) is 1.55. The van der Waals surface area contributed by atoms with E-state index >= 15 is 0 Å². The molecule has 1 heterocycles. The molecule has 1 N–H and O–H groups in total. The zero-order valence-electron chi connectivity index (χ0n) is 10.8. The molecule has 0 aliphatic rings. The number of ether oxygens (including phenoxy) is 2. The molecule has 0 saturated carbocycles. The number of nitrogens with one attached hydrogen (secondary N) is 1. The van der Waals surface area contributed by atoms with Crippen molar-refractivity contribution in [3.63, 3.8) is 0 Å². The van der Waals surface area contributed by atoms with Crippen LogP contribution in [-0.2, 0) is 0 Å². The molecule has 0 spiro atoms. The van der Waals surface area contributed by atoms with Gasteiger partial charge in [0.25, 0.3) is 0 Å². The molecule has 3 rings (SSSR count). The Morgan fingerprint density at radius 3 is 2.60 bits per heavy atom. The molecule has 0 aliphatic heterocycles. The number of aromatic amines is 1. The lowest BCUT2D eigenvalue weighted by molar-refractivity contribution is 0.415. The summed E-state index contributed by atoms with van der Waals surface area (Å²) >= 11 is 0. The Kier molecular flexibility index (Phi) is 3.09. The van der Waals surface area contributed by atoms with Gasteiger partial charge in [-0.3, -0.25) is 0 Å². The first kappa shape index (κ1) is 12.2. The van der Waals surface area contributed by atoms with E-state index in [0.29, 0.717) is 22.4 Å². The Morgan fingerprint density at radius 1 is 1.05 bits per heavy atom. The first-order valence-corrected chi connectivity index (χ1v) is 6.07. The largest absolute Gasteiger partial charge is 0.497 e. The Bertz CT molecular complexity index is 797. The normalized spacial score (nSPS) is 10.4. The minimum atomic E-state index is -0.450. The van der Waals surface area contributed by atoms with Crippen LogP contribution in [0.15, 0.2) is 53.3 Å². The van der Waals surface area contributed by atoms with Crippen molar-refractivity contribution in [3.05, 3.63) is 59.0 Å². The highest BCUT2D eigenvalue weighted by Crippen LogP contribution is 2.28. The Hall–Kier alpha value is -2.82. The third kappa shape index (κ3) is 2.33. The highest BCUT2D eigenvalue weighted by Gasteiger charge is 2.08. The van der Waals surface area contributed by atoms with E-state index < -0.39 is 5.69 Å². The predicted molar refractivity (Wildman–Crippen MR) is 75.4 cm³/mol. The Balaban J connectivity index is 2.15. The summed E-state index contributed by atoms with van der Waals surface area (Å²) < 4.78 is 10.9. The molecule has 3 aromatic rings. The van der Waals surface area contributed by atoms with E-state index in [9.17, 15) is 4.79 Å². The van der Waals surface area contributed by atoms with E-state index in [1.54, 1.807) is 37.4 Å². The Morgan fingerprint density at radius 2 is 1.85 bits per heavy atom. The molecular formula is C15H12N2O3. The monoisotopic (exact) mass is 268 g/mol. The van der Waals surface area contributed by atoms with Gasteiger partial charge in [0, 0.05) is 0 Å². The van der Waals surface area contributed by atoms with Crippen molar-refractivity contribution in [1.82, 2.24) is 9.97 Å². The van der Waals surface area contributed by atoms with Crippen LogP contribution in [0.3, 0.4) is 0 Å². The standard InChI is InChI=1S/C15H12N2O3/c1-19-11-7-8-13-12(9-11)14(17-15(18)16-13)20-10-5-3-2-4-6-10/h2-9H,1H3,(H,16,17,18). The van der Waals surface area contributed by atoms with Crippen molar-refractivity contribution in [2.75, 3.05) is 7.11 Å². The van der Waals surface area contributed by atoms with Crippen LogP contribution in [-0.4, -0.2) is 17.1 Å². The van der Waals surface area contributed by atoms with Crippen LogP contribution in [0.2, 0.25) is 0 Å². The fourth-order valence-electron chi connectivity index (χ4n) is 1.91. The molecule has 0 fully saturated rings. The van der Waals surface area contributed by atoms with Gasteiger partial charge in [0.15, 0.2) is 0 Å². The maximum absolute atomic E-state index is 11.6. The van der Waals surface area contributed by atoms with Gasteiger partial charge < -0.3 is 14.5 Å². The van der Waals surface area contributed by atoms with Crippen LogP contribution < -0.4 is 15.2 Å². The van der Waals surface area contributed by atoms with Crippen molar-refractivity contribution in [1.29, 1.82) is 0 Å². The number of hydrogen-bond donors (Lipinski definition) is 1. The summed E-state index contributed by atoms with van der Waals surface area (Å²) in [4.78, 5) is 18.1. The molecule has 100 valence electrons. The highest BCUT2D eigenvalue weighted by molar-refractivity contribution is 5.84. The van der Waals surface area contributed by atoms with E-state index in [-0.39, 0.29) is 5.88 Å². The molecule has 1 aromatic heterocycles. The number of aromatic nitrogens is 2. The van der Waals surface area contributed by atoms with Gasteiger partial charge in [-0.25, -0.2) is 4.79 Å². The molecule has 2 aromatic carbocycles. The van der Waals surface area contributed by atoms with Crippen molar-refractivity contribution >= 4 is 10.9 Å². The summed E-state index contributed by atoms with van der Waals surface area (Å²) in [7, 11) is 1.58. The minimum Gasteiger partial charge on any atom is -0.497 e. The third-order valence-electron chi connectivity index (χ3n) is 2.86. The van der Waals surface area contributed by atoms with Crippen LogP contribution in [0, 0.1) is 0 Å². The molecule has 0 atom stereocenters. The SMILES string of the molecule is COc1ccc2[nH]c(=O)nc(Oc3ccccc3)c2c1. The first-order chi connectivity index (χ1) is 9.76. The summed E-state index contributed by atoms with van der Waals surface area (Å²) in [6, 6.07) is 14.5. The maximum atomic E-state index is 11.6. The van der Waals surface area contributed by atoms with E-state index in [1.807, 2.05) is 18.2 Å². The van der Waals surface area contributed by atoms with Gasteiger partial charge in [0.1, 0.15) is 11.5 Å². The van der Waals surface area contributed by atoms with Gasteiger partial charge >= 0.3 is 5.69 Å².